The first-order chi connectivity index (χ1) is 21.9. The summed E-state index contributed by atoms with van der Waals surface area (Å²) in [6.45, 7) is 0.973. The summed E-state index contributed by atoms with van der Waals surface area (Å²) in [4.78, 5) is 46.2. The Labute approximate surface area is 261 Å². The zero-order valence-corrected chi connectivity index (χ0v) is 24.6. The average molecular weight is 640 g/mol. The van der Waals surface area contributed by atoms with E-state index in [1.165, 1.54) is 50.8 Å². The summed E-state index contributed by atoms with van der Waals surface area (Å²) < 4.78 is 44.9. The highest BCUT2D eigenvalue weighted by molar-refractivity contribution is 5.81. The van der Waals surface area contributed by atoms with Crippen molar-refractivity contribution in [2.24, 2.45) is 5.92 Å². The van der Waals surface area contributed by atoms with Gasteiger partial charge in [-0.25, -0.2) is 9.78 Å². The third-order valence-electron chi connectivity index (χ3n) is 8.90. The molecule has 2 saturated heterocycles. The fourth-order valence-electron chi connectivity index (χ4n) is 6.52. The molecular weight excluding hydrogens is 607 g/mol. The van der Waals surface area contributed by atoms with Crippen LogP contribution >= 0.6 is 0 Å². The van der Waals surface area contributed by atoms with Crippen molar-refractivity contribution < 1.29 is 37.7 Å². The number of nitrogens with zero attached hydrogens (tertiary/aromatic N) is 5. The van der Waals surface area contributed by atoms with Gasteiger partial charge >= 0.3 is 12.5 Å². The molecule has 0 radical (unpaired) electrons. The summed E-state index contributed by atoms with van der Waals surface area (Å²) >= 11 is 0. The van der Waals surface area contributed by atoms with Gasteiger partial charge in [0.1, 0.15) is 12.1 Å². The van der Waals surface area contributed by atoms with E-state index in [0.717, 1.165) is 5.56 Å². The molecule has 0 aliphatic carbocycles. The summed E-state index contributed by atoms with van der Waals surface area (Å²) in [7, 11) is 0. The predicted octanol–water partition coefficient (Wildman–Crippen LogP) is 4.22. The lowest BCUT2D eigenvalue weighted by Gasteiger charge is -2.42. The Morgan fingerprint density at radius 3 is 2.43 bits per heavy atom. The fraction of sp³-hybridized carbons (Fsp3) is 0.375. The van der Waals surface area contributed by atoms with Gasteiger partial charge in [0.2, 0.25) is 5.91 Å². The molecule has 2 fully saturated rings. The molecular formula is C32H32F3N5O6. The second-order valence-corrected chi connectivity index (χ2v) is 11.8. The quantitative estimate of drug-likeness (QED) is 0.323. The molecule has 6 rings (SSSR count). The number of aliphatic hydroxyl groups is 1. The molecule has 2 aromatic carbocycles. The highest BCUT2D eigenvalue weighted by atomic mass is 19.4. The minimum atomic E-state index is -4.85. The molecule has 2 N–H and O–H groups in total. The number of amides is 2. The first-order valence-corrected chi connectivity index (χ1v) is 14.9. The first-order valence-electron chi connectivity index (χ1n) is 14.9. The summed E-state index contributed by atoms with van der Waals surface area (Å²) in [5, 5.41) is 21.2. The number of aromatic nitrogens is 3. The number of carboxylic acid groups (broad SMARTS) is 1. The maximum Gasteiger partial charge on any atom is 0.573 e. The van der Waals surface area contributed by atoms with Crippen molar-refractivity contribution in [2.75, 3.05) is 26.2 Å². The maximum atomic E-state index is 13.7. The van der Waals surface area contributed by atoms with Crippen LogP contribution in [0.15, 0.2) is 78.0 Å². The normalized spacial score (nSPS) is 20.1. The minimum Gasteiger partial charge on any atom is -0.465 e. The van der Waals surface area contributed by atoms with Gasteiger partial charge in [-0.15, -0.1) is 13.2 Å². The zero-order chi connectivity index (χ0) is 32.6. The van der Waals surface area contributed by atoms with Crippen molar-refractivity contribution in [1.82, 2.24) is 23.9 Å². The van der Waals surface area contributed by atoms with E-state index in [0.29, 0.717) is 12.1 Å². The van der Waals surface area contributed by atoms with Gasteiger partial charge in [-0.1, -0.05) is 36.4 Å². The number of hydrogen-bond acceptors (Lipinski definition) is 6. The number of ether oxygens (including phenoxy) is 1. The van der Waals surface area contributed by atoms with Gasteiger partial charge in [0.25, 0.3) is 5.56 Å². The lowest BCUT2D eigenvalue weighted by atomic mass is 9.79. The van der Waals surface area contributed by atoms with Gasteiger partial charge in [0, 0.05) is 50.3 Å². The van der Waals surface area contributed by atoms with Crippen LogP contribution < -0.4 is 10.3 Å². The number of carbonyl (C=O) groups is 2. The Morgan fingerprint density at radius 2 is 1.74 bits per heavy atom. The highest BCUT2D eigenvalue weighted by Gasteiger charge is 2.41. The molecule has 2 atom stereocenters. The van der Waals surface area contributed by atoms with E-state index < -0.39 is 35.3 Å². The van der Waals surface area contributed by atoms with Crippen molar-refractivity contribution in [2.45, 2.75) is 43.7 Å². The van der Waals surface area contributed by atoms with Crippen LogP contribution in [0.4, 0.5) is 18.0 Å². The molecule has 11 nitrogen and oxygen atoms in total. The third-order valence-corrected chi connectivity index (χ3v) is 8.90. The Bertz CT molecular complexity index is 1800. The first kappa shape index (κ1) is 31.1. The van der Waals surface area contributed by atoms with E-state index in [2.05, 4.69) is 9.72 Å². The third kappa shape index (κ3) is 6.43. The zero-order valence-electron chi connectivity index (χ0n) is 24.6. The average Bonchev–Trinajstić information content (AvgIpc) is 3.47. The molecule has 242 valence electrons. The number of fused-ring (bicyclic) bond motifs is 1. The Kier molecular flexibility index (Phi) is 8.23. The number of piperidine rings is 2. The number of rotatable bonds is 6. The maximum absolute atomic E-state index is 13.7. The molecule has 0 spiro atoms. The van der Waals surface area contributed by atoms with Crippen LogP contribution in [0.5, 0.6) is 5.75 Å². The number of likely N-dealkylation sites (tertiary alicyclic amines) is 2. The number of alkyl halides is 3. The van der Waals surface area contributed by atoms with Crippen LogP contribution in [0.3, 0.4) is 0 Å². The molecule has 14 heteroatoms. The summed E-state index contributed by atoms with van der Waals surface area (Å²) in [5.74, 6) is -1.17. The van der Waals surface area contributed by atoms with Gasteiger partial charge in [0.05, 0.1) is 23.2 Å². The topological polar surface area (TPSA) is 130 Å². The van der Waals surface area contributed by atoms with Gasteiger partial charge < -0.3 is 29.3 Å². The molecule has 2 aromatic heterocycles. The van der Waals surface area contributed by atoms with E-state index in [9.17, 15) is 37.8 Å². The van der Waals surface area contributed by atoms with E-state index >= 15 is 0 Å². The molecule has 2 amide bonds. The van der Waals surface area contributed by atoms with E-state index in [4.69, 9.17) is 0 Å². The molecule has 2 aliphatic rings. The van der Waals surface area contributed by atoms with Crippen molar-refractivity contribution >= 4 is 23.0 Å². The van der Waals surface area contributed by atoms with E-state index in [1.54, 1.807) is 11.0 Å². The lowest BCUT2D eigenvalue weighted by molar-refractivity contribution is -0.274. The van der Waals surface area contributed by atoms with Crippen molar-refractivity contribution in [1.29, 1.82) is 0 Å². The summed E-state index contributed by atoms with van der Waals surface area (Å²) in [5.41, 5.74) is -0.249. The largest absolute Gasteiger partial charge is 0.573 e. The standard InChI is InChI=1S/C32H32F3N5O6/c33-32(34,35)46-23-8-4-7-22(17-23)40-14-10-25-27(40)36-20-39(29(25)42)19-31(45)11-15-37(16-12-31)28(41)24-9-13-38(30(43)44)18-26(24)21-5-2-1-3-6-21/h1-8,10,14,17,20,24,26,45H,9,11-13,15-16,18-19H2,(H,43,44)/t24-,26+/m1/s1. The number of halogens is 3. The van der Waals surface area contributed by atoms with Crippen LogP contribution in [-0.2, 0) is 11.3 Å². The molecule has 0 saturated carbocycles. The molecule has 2 aliphatic heterocycles. The van der Waals surface area contributed by atoms with E-state index in [1.807, 2.05) is 30.3 Å². The van der Waals surface area contributed by atoms with Gasteiger partial charge in [0.15, 0.2) is 5.65 Å². The predicted molar refractivity (Wildman–Crippen MR) is 160 cm³/mol. The van der Waals surface area contributed by atoms with Gasteiger partial charge in [-0.3, -0.25) is 14.2 Å². The van der Waals surface area contributed by atoms with Crippen LogP contribution in [0.1, 0.15) is 30.7 Å². The Morgan fingerprint density at radius 1 is 1.00 bits per heavy atom. The van der Waals surface area contributed by atoms with Crippen LogP contribution in [-0.4, -0.2) is 84.3 Å². The van der Waals surface area contributed by atoms with Crippen LogP contribution in [0.2, 0.25) is 0 Å². The molecule has 0 bridgehead atoms. The van der Waals surface area contributed by atoms with Crippen molar-refractivity contribution in [3.05, 3.63) is 89.1 Å². The molecule has 4 heterocycles. The monoisotopic (exact) mass is 639 g/mol. The Hall–Kier alpha value is -4.85. The Balaban J connectivity index is 1.14. The molecule has 46 heavy (non-hydrogen) atoms. The fourth-order valence-corrected chi connectivity index (χ4v) is 6.52. The summed E-state index contributed by atoms with van der Waals surface area (Å²) in [6.07, 6.45) is -2.20. The van der Waals surface area contributed by atoms with Gasteiger partial charge in [-0.05, 0) is 43.0 Å². The number of carbonyl (C=O) groups excluding carboxylic acids is 1. The van der Waals surface area contributed by atoms with Gasteiger partial charge in [-0.2, -0.15) is 0 Å². The van der Waals surface area contributed by atoms with Crippen molar-refractivity contribution in [3.8, 4) is 11.4 Å². The minimum absolute atomic E-state index is 0.0550. The molecule has 4 aromatic rings. The second kappa shape index (κ2) is 12.2. The molecule has 0 unspecified atom stereocenters. The lowest BCUT2D eigenvalue weighted by Crippen LogP contribution is -2.53. The SMILES string of the molecule is O=C(O)N1CC[C@@H](C(=O)N2CCC(O)(Cn3cnc4c(ccn4-c4cccc(OC(F)(F)F)c4)c3=O)CC2)[C@H](c2ccccc2)C1. The smallest absolute Gasteiger partial charge is 0.465 e. The number of hydrogen-bond donors (Lipinski definition) is 2. The van der Waals surface area contributed by atoms with Crippen molar-refractivity contribution in [3.63, 3.8) is 0 Å². The highest BCUT2D eigenvalue weighted by Crippen LogP contribution is 2.35. The van der Waals surface area contributed by atoms with Crippen LogP contribution in [0, 0.1) is 5.92 Å². The van der Waals surface area contributed by atoms with E-state index in [-0.39, 0.29) is 68.4 Å². The second-order valence-electron chi connectivity index (χ2n) is 11.8. The summed E-state index contributed by atoms with van der Waals surface area (Å²) in [6, 6.07) is 16.3. The number of benzene rings is 2. The van der Waals surface area contributed by atoms with Crippen LogP contribution in [0.25, 0.3) is 16.7 Å².